The summed E-state index contributed by atoms with van der Waals surface area (Å²) in [6.45, 7) is 6.70. The Bertz CT molecular complexity index is 986. The molecule has 1 atom stereocenters. The van der Waals surface area contributed by atoms with Crippen LogP contribution >= 0.6 is 0 Å². The van der Waals surface area contributed by atoms with Crippen molar-refractivity contribution in [2.75, 3.05) is 13.6 Å². The highest BCUT2D eigenvalue weighted by molar-refractivity contribution is 6.01. The van der Waals surface area contributed by atoms with Crippen LogP contribution < -0.4 is 10.6 Å². The number of aromatic nitrogens is 2. The molecule has 0 radical (unpaired) electrons. The Morgan fingerprint density at radius 1 is 1.23 bits per heavy atom. The Balaban J connectivity index is 1.72. The predicted octanol–water partition coefficient (Wildman–Crippen LogP) is 1.96. The molecule has 1 aliphatic rings. The molecule has 0 saturated carbocycles. The second-order valence-electron chi connectivity index (χ2n) is 8.46. The maximum absolute atomic E-state index is 13.0. The minimum absolute atomic E-state index is 0.0864. The zero-order valence-corrected chi connectivity index (χ0v) is 18.2. The molecule has 2 N–H and O–H groups in total. The van der Waals surface area contributed by atoms with Crippen LogP contribution in [0.25, 0.3) is 0 Å². The molecule has 0 spiro atoms. The van der Waals surface area contributed by atoms with E-state index in [1.165, 1.54) is 27.8 Å². The topological polar surface area (TPSA) is 96.3 Å². The predicted molar refractivity (Wildman–Crippen MR) is 113 cm³/mol. The van der Waals surface area contributed by atoms with Gasteiger partial charge in [0.2, 0.25) is 5.91 Å². The van der Waals surface area contributed by atoms with Gasteiger partial charge in [0.05, 0.1) is 6.54 Å². The van der Waals surface area contributed by atoms with Crippen LogP contribution in [0.4, 0.5) is 4.39 Å². The van der Waals surface area contributed by atoms with E-state index in [0.717, 1.165) is 12.0 Å². The lowest BCUT2D eigenvalue weighted by Crippen LogP contribution is -2.62. The summed E-state index contributed by atoms with van der Waals surface area (Å²) in [6, 6.07) is 7.22. The largest absolute Gasteiger partial charge is 0.354 e. The highest BCUT2D eigenvalue weighted by Crippen LogP contribution is 2.26. The highest BCUT2D eigenvalue weighted by atomic mass is 19.1. The second kappa shape index (κ2) is 8.87. The van der Waals surface area contributed by atoms with Crippen LogP contribution in [0, 0.1) is 11.7 Å². The van der Waals surface area contributed by atoms with Gasteiger partial charge in [-0.05, 0) is 37.0 Å². The maximum Gasteiger partial charge on any atom is 0.272 e. The summed E-state index contributed by atoms with van der Waals surface area (Å²) in [4.78, 5) is 39.6. The van der Waals surface area contributed by atoms with E-state index in [0.29, 0.717) is 12.5 Å². The van der Waals surface area contributed by atoms with E-state index in [-0.39, 0.29) is 42.1 Å². The van der Waals surface area contributed by atoms with E-state index in [1.54, 1.807) is 26.1 Å². The first kappa shape index (κ1) is 22.5. The Morgan fingerprint density at radius 3 is 2.55 bits per heavy atom. The van der Waals surface area contributed by atoms with Crippen LogP contribution in [-0.2, 0) is 17.9 Å². The highest BCUT2D eigenvalue weighted by Gasteiger charge is 2.46. The standard InChI is InChI=1S/C22H28FN5O3/c1-14(2)9-10-24-21(31)22(3)13-28-18(20(30)27(22)4)11-17(26-28)19(29)25-12-15-5-7-16(23)8-6-15/h5-8,11,14H,9-10,12-13H2,1-4H3,(H,24,31)(H,25,29)/t22-/m0/s1. The molecule has 31 heavy (non-hydrogen) atoms. The number of rotatable bonds is 7. The number of hydrogen-bond donors (Lipinski definition) is 2. The van der Waals surface area contributed by atoms with Crippen LogP contribution in [0.15, 0.2) is 30.3 Å². The van der Waals surface area contributed by atoms with Crippen LogP contribution in [0.5, 0.6) is 0 Å². The molecule has 0 bridgehead atoms. The quantitative estimate of drug-likeness (QED) is 0.703. The van der Waals surface area contributed by atoms with Gasteiger partial charge in [0.15, 0.2) is 5.69 Å². The van der Waals surface area contributed by atoms with Crippen LogP contribution in [0.2, 0.25) is 0 Å². The molecule has 8 nitrogen and oxygen atoms in total. The Morgan fingerprint density at radius 2 is 1.90 bits per heavy atom. The first-order valence-electron chi connectivity index (χ1n) is 10.3. The van der Waals surface area contributed by atoms with Gasteiger partial charge in [-0.25, -0.2) is 4.39 Å². The molecular weight excluding hydrogens is 401 g/mol. The Hall–Kier alpha value is -3.23. The minimum Gasteiger partial charge on any atom is -0.354 e. The normalized spacial score (nSPS) is 18.1. The summed E-state index contributed by atoms with van der Waals surface area (Å²) in [7, 11) is 1.58. The maximum atomic E-state index is 13.0. The minimum atomic E-state index is -1.12. The molecule has 3 amide bonds. The van der Waals surface area contributed by atoms with E-state index >= 15 is 0 Å². The number of halogens is 1. The molecule has 0 saturated heterocycles. The molecule has 0 unspecified atom stereocenters. The number of fused-ring (bicyclic) bond motifs is 1. The summed E-state index contributed by atoms with van der Waals surface area (Å²) in [5.74, 6) is -0.988. The fourth-order valence-corrected chi connectivity index (χ4v) is 3.38. The third kappa shape index (κ3) is 4.76. The summed E-state index contributed by atoms with van der Waals surface area (Å²) in [6.07, 6.45) is 0.838. The van der Waals surface area contributed by atoms with E-state index in [2.05, 4.69) is 29.6 Å². The van der Waals surface area contributed by atoms with Crippen molar-refractivity contribution in [3.8, 4) is 0 Å². The van der Waals surface area contributed by atoms with E-state index in [9.17, 15) is 18.8 Å². The van der Waals surface area contributed by atoms with Crippen LogP contribution in [0.3, 0.4) is 0 Å². The van der Waals surface area contributed by atoms with Crippen molar-refractivity contribution in [2.24, 2.45) is 5.92 Å². The smallest absolute Gasteiger partial charge is 0.272 e. The fraction of sp³-hybridized carbons (Fsp3) is 0.455. The molecule has 1 aromatic carbocycles. The van der Waals surface area contributed by atoms with Crippen LogP contribution in [0.1, 0.15) is 53.7 Å². The average Bonchev–Trinajstić information content (AvgIpc) is 3.15. The van der Waals surface area contributed by atoms with Crippen molar-refractivity contribution in [1.82, 2.24) is 25.3 Å². The molecule has 3 rings (SSSR count). The number of benzene rings is 1. The molecule has 0 aliphatic carbocycles. The summed E-state index contributed by atoms with van der Waals surface area (Å²) < 4.78 is 14.4. The van der Waals surface area contributed by atoms with Crippen molar-refractivity contribution >= 4 is 17.7 Å². The lowest BCUT2D eigenvalue weighted by molar-refractivity contribution is -0.132. The van der Waals surface area contributed by atoms with Gasteiger partial charge in [0, 0.05) is 26.2 Å². The summed E-state index contributed by atoms with van der Waals surface area (Å²) in [5.41, 5.74) is -0.0417. The van der Waals surface area contributed by atoms with Gasteiger partial charge in [0.1, 0.15) is 17.1 Å². The second-order valence-corrected chi connectivity index (χ2v) is 8.46. The molecule has 166 valence electrons. The van der Waals surface area contributed by atoms with E-state index in [1.807, 2.05) is 0 Å². The van der Waals surface area contributed by atoms with Gasteiger partial charge >= 0.3 is 0 Å². The molecular formula is C22H28FN5O3. The van der Waals surface area contributed by atoms with Crippen molar-refractivity contribution in [2.45, 2.75) is 45.8 Å². The molecule has 2 heterocycles. The zero-order valence-electron chi connectivity index (χ0n) is 18.2. The number of hydrogen-bond acceptors (Lipinski definition) is 4. The van der Waals surface area contributed by atoms with Gasteiger partial charge in [-0.1, -0.05) is 26.0 Å². The van der Waals surface area contributed by atoms with Gasteiger partial charge in [0.25, 0.3) is 11.8 Å². The number of nitrogens with one attached hydrogen (secondary N) is 2. The van der Waals surface area contributed by atoms with Crippen molar-refractivity contribution in [3.63, 3.8) is 0 Å². The first-order chi connectivity index (χ1) is 14.6. The van der Waals surface area contributed by atoms with Gasteiger partial charge in [-0.15, -0.1) is 0 Å². The molecule has 1 aromatic heterocycles. The third-order valence-electron chi connectivity index (χ3n) is 5.60. The molecule has 9 heteroatoms. The Labute approximate surface area is 180 Å². The summed E-state index contributed by atoms with van der Waals surface area (Å²) >= 11 is 0. The lowest BCUT2D eigenvalue weighted by atomic mass is 9.95. The molecule has 0 fully saturated rings. The van der Waals surface area contributed by atoms with Crippen LogP contribution in [-0.4, -0.2) is 51.5 Å². The lowest BCUT2D eigenvalue weighted by Gasteiger charge is -2.40. The number of amides is 3. The zero-order chi connectivity index (χ0) is 22.8. The van der Waals surface area contributed by atoms with Crippen molar-refractivity contribution < 1.29 is 18.8 Å². The van der Waals surface area contributed by atoms with Gasteiger partial charge < -0.3 is 15.5 Å². The molecule has 1 aliphatic heterocycles. The van der Waals surface area contributed by atoms with E-state index in [4.69, 9.17) is 0 Å². The molecule has 2 aromatic rings. The third-order valence-corrected chi connectivity index (χ3v) is 5.60. The van der Waals surface area contributed by atoms with Crippen molar-refractivity contribution in [3.05, 3.63) is 53.1 Å². The summed E-state index contributed by atoms with van der Waals surface area (Å²) in [5, 5.41) is 9.87. The number of likely N-dealkylation sites (N-methyl/N-ethyl adjacent to an activating group) is 1. The number of carbonyl (C=O) groups is 3. The Kier molecular flexibility index (Phi) is 6.42. The SMILES string of the molecule is CC(C)CCNC(=O)[C@]1(C)Cn2nc(C(=O)NCc3ccc(F)cc3)cc2C(=O)N1C. The fourth-order valence-electron chi connectivity index (χ4n) is 3.38. The average molecular weight is 429 g/mol. The monoisotopic (exact) mass is 429 g/mol. The van der Waals surface area contributed by atoms with Gasteiger partial charge in [-0.3, -0.25) is 19.1 Å². The van der Waals surface area contributed by atoms with Gasteiger partial charge in [-0.2, -0.15) is 5.10 Å². The first-order valence-corrected chi connectivity index (χ1v) is 10.3. The van der Waals surface area contributed by atoms with Crippen molar-refractivity contribution in [1.29, 1.82) is 0 Å². The number of nitrogens with zero attached hydrogens (tertiary/aromatic N) is 3. The number of carbonyl (C=O) groups excluding carboxylic acids is 3. The van der Waals surface area contributed by atoms with E-state index < -0.39 is 11.4 Å².